The monoisotopic (exact) mass is 417 g/mol. The Morgan fingerprint density at radius 1 is 1.36 bits per heavy atom. The molecule has 0 bridgehead atoms. The summed E-state index contributed by atoms with van der Waals surface area (Å²) in [5.41, 5.74) is 7.48. The van der Waals surface area contributed by atoms with Crippen LogP contribution in [0.15, 0.2) is 24.3 Å². The molecular formula is C20H23N3O3S2. The number of carbonyl (C=O) groups excluding carboxylic acids is 2. The van der Waals surface area contributed by atoms with Gasteiger partial charge in [-0.1, -0.05) is 13.0 Å². The molecule has 3 rings (SSSR count). The van der Waals surface area contributed by atoms with Gasteiger partial charge in [0.05, 0.1) is 11.7 Å². The highest BCUT2D eigenvalue weighted by Gasteiger charge is 2.25. The number of nitrogens with two attached hydrogens (primary N) is 1. The lowest BCUT2D eigenvalue weighted by Gasteiger charge is -2.14. The summed E-state index contributed by atoms with van der Waals surface area (Å²) in [6.07, 6.45) is 3.74. The van der Waals surface area contributed by atoms with Gasteiger partial charge in [-0.05, 0) is 68.6 Å². The van der Waals surface area contributed by atoms with Crippen LogP contribution in [0.5, 0.6) is 5.75 Å². The number of amides is 2. The van der Waals surface area contributed by atoms with E-state index in [9.17, 15) is 9.59 Å². The van der Waals surface area contributed by atoms with Gasteiger partial charge in [0.1, 0.15) is 10.8 Å². The highest BCUT2D eigenvalue weighted by atomic mass is 32.1. The number of thiocarbonyl (C=S) groups is 1. The van der Waals surface area contributed by atoms with Crippen molar-refractivity contribution in [3.05, 3.63) is 45.8 Å². The number of benzene rings is 1. The van der Waals surface area contributed by atoms with Gasteiger partial charge in [-0.15, -0.1) is 11.3 Å². The number of hydrogen-bond donors (Lipinski definition) is 3. The van der Waals surface area contributed by atoms with Crippen molar-refractivity contribution in [2.45, 2.75) is 45.6 Å². The zero-order valence-electron chi connectivity index (χ0n) is 15.8. The summed E-state index contributed by atoms with van der Waals surface area (Å²) in [7, 11) is 0. The molecule has 0 spiro atoms. The molecular weight excluding hydrogens is 394 g/mol. The number of fused-ring (bicyclic) bond motifs is 1. The number of nitrogens with one attached hydrogen (secondary N) is 2. The van der Waals surface area contributed by atoms with E-state index in [1.807, 2.05) is 19.9 Å². The lowest BCUT2D eigenvalue weighted by molar-refractivity contribution is 0.0974. The molecule has 0 aliphatic heterocycles. The normalized spacial score (nSPS) is 13.5. The number of primary amides is 1. The van der Waals surface area contributed by atoms with E-state index < -0.39 is 5.91 Å². The largest absolute Gasteiger partial charge is 0.491 e. The highest BCUT2D eigenvalue weighted by molar-refractivity contribution is 7.80. The Labute approximate surface area is 173 Å². The summed E-state index contributed by atoms with van der Waals surface area (Å²) in [6.45, 7) is 4.01. The third-order valence-corrected chi connectivity index (χ3v) is 6.04. The minimum absolute atomic E-state index is 0.0639. The van der Waals surface area contributed by atoms with Crippen LogP contribution in [0, 0.1) is 0 Å². The van der Waals surface area contributed by atoms with E-state index in [1.54, 1.807) is 18.2 Å². The second-order valence-electron chi connectivity index (χ2n) is 6.70. The molecule has 28 heavy (non-hydrogen) atoms. The van der Waals surface area contributed by atoms with Gasteiger partial charge in [-0.25, -0.2) is 0 Å². The molecule has 1 aromatic carbocycles. The van der Waals surface area contributed by atoms with Gasteiger partial charge in [0.15, 0.2) is 5.11 Å². The number of hydrogen-bond acceptors (Lipinski definition) is 5. The lowest BCUT2D eigenvalue weighted by Crippen LogP contribution is -2.34. The molecule has 2 aromatic rings. The van der Waals surface area contributed by atoms with E-state index in [1.165, 1.54) is 11.3 Å². The highest BCUT2D eigenvalue weighted by Crippen LogP contribution is 2.38. The number of carbonyl (C=O) groups is 2. The van der Waals surface area contributed by atoms with Crippen molar-refractivity contribution in [1.82, 2.24) is 5.32 Å². The summed E-state index contributed by atoms with van der Waals surface area (Å²) in [6, 6.07) is 6.94. The van der Waals surface area contributed by atoms with E-state index in [2.05, 4.69) is 10.6 Å². The Balaban J connectivity index is 1.68. The predicted molar refractivity (Wildman–Crippen MR) is 115 cm³/mol. The van der Waals surface area contributed by atoms with Gasteiger partial charge in [-0.2, -0.15) is 0 Å². The Kier molecular flexibility index (Phi) is 6.31. The smallest absolute Gasteiger partial charge is 0.257 e. The Hall–Kier alpha value is -2.45. The fourth-order valence-corrected chi connectivity index (χ4v) is 4.65. The quantitative estimate of drug-likeness (QED) is 0.624. The molecule has 1 heterocycles. The van der Waals surface area contributed by atoms with Crippen LogP contribution < -0.4 is 21.1 Å². The molecule has 0 saturated heterocycles. The van der Waals surface area contributed by atoms with Crippen LogP contribution in [0.3, 0.4) is 0 Å². The van der Waals surface area contributed by atoms with E-state index in [-0.39, 0.29) is 17.1 Å². The third kappa shape index (κ3) is 4.51. The van der Waals surface area contributed by atoms with Crippen LogP contribution in [0.25, 0.3) is 0 Å². The van der Waals surface area contributed by atoms with Crippen molar-refractivity contribution in [3.8, 4) is 5.75 Å². The third-order valence-electron chi connectivity index (χ3n) is 4.63. The first-order valence-electron chi connectivity index (χ1n) is 9.22. The molecule has 1 aromatic heterocycles. The van der Waals surface area contributed by atoms with Gasteiger partial charge in [-0.3, -0.25) is 14.9 Å². The molecule has 8 heteroatoms. The van der Waals surface area contributed by atoms with Crippen LogP contribution in [0.2, 0.25) is 0 Å². The Bertz CT molecular complexity index is 923. The molecule has 148 valence electrons. The van der Waals surface area contributed by atoms with Crippen molar-refractivity contribution in [2.24, 2.45) is 5.73 Å². The molecule has 1 atom stereocenters. The number of rotatable bonds is 6. The van der Waals surface area contributed by atoms with Gasteiger partial charge >= 0.3 is 0 Å². The number of anilines is 1. The Morgan fingerprint density at radius 2 is 2.14 bits per heavy atom. The predicted octanol–water partition coefficient (Wildman–Crippen LogP) is 3.64. The zero-order valence-corrected chi connectivity index (χ0v) is 17.5. The van der Waals surface area contributed by atoms with Crippen LogP contribution in [0.4, 0.5) is 5.00 Å². The summed E-state index contributed by atoms with van der Waals surface area (Å²) in [5, 5.41) is 6.33. The molecule has 6 nitrogen and oxygen atoms in total. The molecule has 0 fully saturated rings. The van der Waals surface area contributed by atoms with E-state index >= 15 is 0 Å². The summed E-state index contributed by atoms with van der Waals surface area (Å²) in [4.78, 5) is 25.5. The van der Waals surface area contributed by atoms with Crippen molar-refractivity contribution < 1.29 is 14.3 Å². The topological polar surface area (TPSA) is 93.4 Å². The van der Waals surface area contributed by atoms with Crippen LogP contribution in [-0.2, 0) is 12.8 Å². The SMILES string of the molecule is CCC(C)Oc1cccc(C(=O)NC(=S)Nc2sc3c(c2C(N)=O)CCC3)c1. The second-order valence-corrected chi connectivity index (χ2v) is 8.21. The average Bonchev–Trinajstić information content (AvgIpc) is 3.21. The zero-order chi connectivity index (χ0) is 20.3. The minimum Gasteiger partial charge on any atom is -0.491 e. The van der Waals surface area contributed by atoms with Crippen LogP contribution in [-0.4, -0.2) is 23.0 Å². The van der Waals surface area contributed by atoms with Crippen LogP contribution >= 0.6 is 23.6 Å². The van der Waals surface area contributed by atoms with Gasteiger partial charge in [0.2, 0.25) is 0 Å². The second kappa shape index (κ2) is 8.70. The molecule has 1 unspecified atom stereocenters. The van der Waals surface area contributed by atoms with Gasteiger partial charge in [0.25, 0.3) is 11.8 Å². The number of thiophene rings is 1. The lowest BCUT2D eigenvalue weighted by atomic mass is 10.1. The maximum absolute atomic E-state index is 12.5. The fourth-order valence-electron chi connectivity index (χ4n) is 3.09. The molecule has 0 saturated carbocycles. The molecule has 1 aliphatic rings. The maximum Gasteiger partial charge on any atom is 0.257 e. The van der Waals surface area contributed by atoms with Crippen molar-refractivity contribution in [3.63, 3.8) is 0 Å². The summed E-state index contributed by atoms with van der Waals surface area (Å²) < 4.78 is 5.75. The Morgan fingerprint density at radius 3 is 2.86 bits per heavy atom. The first kappa shape index (κ1) is 20.3. The molecule has 2 amide bonds. The van der Waals surface area contributed by atoms with E-state index in [4.69, 9.17) is 22.7 Å². The molecule has 0 radical (unpaired) electrons. The van der Waals surface area contributed by atoms with Crippen molar-refractivity contribution >= 4 is 45.5 Å². The van der Waals surface area contributed by atoms with Crippen molar-refractivity contribution in [2.75, 3.05) is 5.32 Å². The van der Waals surface area contributed by atoms with E-state index in [0.717, 1.165) is 36.1 Å². The number of ether oxygens (including phenoxy) is 1. The van der Waals surface area contributed by atoms with Gasteiger partial charge in [0, 0.05) is 10.4 Å². The first-order chi connectivity index (χ1) is 13.4. The van der Waals surface area contributed by atoms with E-state index in [0.29, 0.717) is 21.9 Å². The maximum atomic E-state index is 12.5. The van der Waals surface area contributed by atoms with Gasteiger partial charge < -0.3 is 15.8 Å². The summed E-state index contributed by atoms with van der Waals surface area (Å²) in [5.74, 6) is -0.200. The minimum atomic E-state index is -0.481. The fraction of sp³-hybridized carbons (Fsp3) is 0.350. The number of aryl methyl sites for hydroxylation is 1. The van der Waals surface area contributed by atoms with Crippen molar-refractivity contribution in [1.29, 1.82) is 0 Å². The molecule has 4 N–H and O–H groups in total. The summed E-state index contributed by atoms with van der Waals surface area (Å²) >= 11 is 6.74. The average molecular weight is 418 g/mol. The van der Waals surface area contributed by atoms with Crippen LogP contribution in [0.1, 0.15) is 57.8 Å². The standard InChI is InChI=1S/C20H23N3O3S2/c1-3-11(2)26-13-7-4-6-12(10-13)18(25)22-20(27)23-19-16(17(21)24)14-8-5-9-15(14)28-19/h4,6-7,10-11H,3,5,8-9H2,1-2H3,(H2,21,24)(H2,22,23,25,27). The first-order valence-corrected chi connectivity index (χ1v) is 10.4. The molecule has 1 aliphatic carbocycles.